The maximum atomic E-state index is 14.2. The fraction of sp³-hybridized carbons (Fsp3) is 0.296. The number of anilines is 1. The van der Waals surface area contributed by atoms with Gasteiger partial charge in [0.1, 0.15) is 11.9 Å². The molecule has 1 atom stereocenters. The van der Waals surface area contributed by atoms with E-state index < -0.39 is 16.1 Å². The van der Waals surface area contributed by atoms with Crippen LogP contribution in [-0.2, 0) is 21.2 Å². The van der Waals surface area contributed by atoms with Crippen molar-refractivity contribution in [2.75, 3.05) is 45.3 Å². The van der Waals surface area contributed by atoms with Crippen LogP contribution in [0.4, 0.5) is 10.1 Å². The van der Waals surface area contributed by atoms with E-state index in [0.717, 1.165) is 5.56 Å². The molecule has 3 aromatic carbocycles. The van der Waals surface area contributed by atoms with Gasteiger partial charge in [-0.15, -0.1) is 0 Å². The highest BCUT2D eigenvalue weighted by molar-refractivity contribution is 7.89. The smallest absolute Gasteiger partial charge is 0.241 e. The molecule has 8 nitrogen and oxygen atoms in total. The number of sulfonamides is 1. The van der Waals surface area contributed by atoms with Crippen LogP contribution in [0.3, 0.4) is 0 Å². The molecule has 0 unspecified atom stereocenters. The number of hydrogen-bond donors (Lipinski definition) is 1. The lowest BCUT2D eigenvalue weighted by atomic mass is 10.1. The van der Waals surface area contributed by atoms with Crippen LogP contribution < -0.4 is 19.1 Å². The Kier molecular flexibility index (Phi) is 8.30. The molecule has 1 N–H and O–H groups in total. The Morgan fingerprint density at radius 3 is 2.22 bits per heavy atom. The van der Waals surface area contributed by atoms with Crippen molar-refractivity contribution in [1.29, 1.82) is 0 Å². The van der Waals surface area contributed by atoms with Crippen molar-refractivity contribution in [3.63, 3.8) is 0 Å². The van der Waals surface area contributed by atoms with E-state index in [4.69, 9.17) is 9.47 Å². The van der Waals surface area contributed by atoms with Crippen molar-refractivity contribution in [1.82, 2.24) is 9.62 Å². The summed E-state index contributed by atoms with van der Waals surface area (Å²) in [5.41, 5.74) is 1.31. The number of halogens is 1. The average Bonchev–Trinajstić information content (AvgIpc) is 2.92. The summed E-state index contributed by atoms with van der Waals surface area (Å²) in [5.74, 6) is 0.0136. The fourth-order valence-corrected chi connectivity index (χ4v) is 5.57. The molecular weight excluding hydrogens is 497 g/mol. The molecule has 10 heteroatoms. The quantitative estimate of drug-likeness (QED) is 0.460. The lowest BCUT2D eigenvalue weighted by molar-refractivity contribution is -0.133. The van der Waals surface area contributed by atoms with Crippen molar-refractivity contribution >= 4 is 21.6 Å². The van der Waals surface area contributed by atoms with Crippen molar-refractivity contribution in [2.45, 2.75) is 17.4 Å². The molecule has 0 aliphatic carbocycles. The van der Waals surface area contributed by atoms with E-state index in [0.29, 0.717) is 37.6 Å². The predicted molar refractivity (Wildman–Crippen MR) is 139 cm³/mol. The Morgan fingerprint density at radius 2 is 1.57 bits per heavy atom. The Balaban J connectivity index is 1.54. The van der Waals surface area contributed by atoms with Crippen LogP contribution in [0.5, 0.6) is 11.5 Å². The normalized spacial score (nSPS) is 14.8. The van der Waals surface area contributed by atoms with Gasteiger partial charge in [-0.05, 0) is 36.2 Å². The molecule has 1 heterocycles. The number of para-hydroxylation sites is 1. The summed E-state index contributed by atoms with van der Waals surface area (Å²) in [6.07, 6.45) is 0.180. The molecule has 1 saturated heterocycles. The number of carbonyl (C=O) groups is 1. The molecule has 0 bridgehead atoms. The summed E-state index contributed by atoms with van der Waals surface area (Å²) in [6.45, 7) is 1.56. The minimum absolute atomic E-state index is 0.0413. The highest BCUT2D eigenvalue weighted by Crippen LogP contribution is 2.29. The minimum Gasteiger partial charge on any atom is -0.493 e. The number of carbonyl (C=O) groups excluding carboxylic acids is 1. The summed E-state index contributed by atoms with van der Waals surface area (Å²) in [5, 5.41) is 0. The zero-order chi connectivity index (χ0) is 26.4. The molecule has 0 spiro atoms. The monoisotopic (exact) mass is 527 g/mol. The lowest BCUT2D eigenvalue weighted by Gasteiger charge is -2.37. The Hall–Kier alpha value is -3.63. The minimum atomic E-state index is -4.07. The molecule has 1 aliphatic rings. The molecule has 0 aromatic heterocycles. The number of methoxy groups -OCH3 is 2. The molecule has 3 aromatic rings. The van der Waals surface area contributed by atoms with Crippen LogP contribution in [0.2, 0.25) is 0 Å². The van der Waals surface area contributed by atoms with Gasteiger partial charge in [-0.2, -0.15) is 4.72 Å². The van der Waals surface area contributed by atoms with Crippen LogP contribution >= 0.6 is 0 Å². The number of ether oxygens (including phenoxy) is 2. The molecule has 196 valence electrons. The summed E-state index contributed by atoms with van der Waals surface area (Å²) in [6, 6.07) is 19.0. The topological polar surface area (TPSA) is 88.2 Å². The number of nitrogens with one attached hydrogen (secondary N) is 1. The maximum Gasteiger partial charge on any atom is 0.241 e. The second-order valence-electron chi connectivity index (χ2n) is 8.64. The fourth-order valence-electron chi connectivity index (χ4n) is 4.36. The molecule has 1 amide bonds. The number of amides is 1. The molecular formula is C27H30FN3O5S. The summed E-state index contributed by atoms with van der Waals surface area (Å²) >= 11 is 0. The Morgan fingerprint density at radius 1 is 0.919 bits per heavy atom. The average molecular weight is 528 g/mol. The molecule has 4 rings (SSSR count). The van der Waals surface area contributed by atoms with Gasteiger partial charge >= 0.3 is 0 Å². The number of hydrogen-bond acceptors (Lipinski definition) is 6. The zero-order valence-corrected chi connectivity index (χ0v) is 21.6. The van der Waals surface area contributed by atoms with Crippen LogP contribution in [0, 0.1) is 5.82 Å². The van der Waals surface area contributed by atoms with E-state index in [1.165, 1.54) is 38.5 Å². The number of piperazine rings is 1. The molecule has 0 radical (unpaired) electrons. The third-order valence-electron chi connectivity index (χ3n) is 6.33. The third-order valence-corrected chi connectivity index (χ3v) is 7.80. The first kappa shape index (κ1) is 26.4. The summed E-state index contributed by atoms with van der Waals surface area (Å²) < 4.78 is 54.0. The molecule has 37 heavy (non-hydrogen) atoms. The van der Waals surface area contributed by atoms with Crippen molar-refractivity contribution in [2.24, 2.45) is 0 Å². The number of nitrogens with zero attached hydrogens (tertiary/aromatic N) is 2. The SMILES string of the molecule is COc1ccc(S(=O)(=O)N[C@@H](Cc2ccccc2)C(=O)N2CCN(c3ccccc3F)CC2)cc1OC. The van der Waals surface area contributed by atoms with E-state index in [2.05, 4.69) is 4.72 Å². The first-order valence-electron chi connectivity index (χ1n) is 11.9. The molecule has 1 fully saturated rings. The van der Waals surface area contributed by atoms with Gasteiger partial charge in [0.15, 0.2) is 11.5 Å². The predicted octanol–water partition coefficient (Wildman–Crippen LogP) is 3.08. The maximum absolute atomic E-state index is 14.2. The standard InChI is InChI=1S/C27H30FN3O5S/c1-35-25-13-12-21(19-26(25)36-2)37(33,34)29-23(18-20-8-4-3-5-9-20)27(32)31-16-14-30(15-17-31)24-11-7-6-10-22(24)28/h3-13,19,23,29H,14-18H2,1-2H3/t23-/m0/s1. The van der Waals surface area contributed by atoms with Crippen LogP contribution in [0.15, 0.2) is 77.7 Å². The Labute approximate surface area is 216 Å². The van der Waals surface area contributed by atoms with Crippen molar-refractivity contribution in [3.8, 4) is 11.5 Å². The molecule has 1 aliphatic heterocycles. The van der Waals surface area contributed by atoms with Gasteiger partial charge in [-0.25, -0.2) is 12.8 Å². The van der Waals surface area contributed by atoms with Gasteiger partial charge < -0.3 is 19.3 Å². The first-order valence-corrected chi connectivity index (χ1v) is 13.4. The van der Waals surface area contributed by atoms with Crippen LogP contribution in [-0.4, -0.2) is 65.7 Å². The van der Waals surface area contributed by atoms with Gasteiger partial charge in [0.25, 0.3) is 0 Å². The van der Waals surface area contributed by atoms with E-state index in [-0.39, 0.29) is 28.8 Å². The third kappa shape index (κ3) is 6.20. The highest BCUT2D eigenvalue weighted by atomic mass is 32.2. The van der Waals surface area contributed by atoms with E-state index in [1.54, 1.807) is 23.1 Å². The van der Waals surface area contributed by atoms with Crippen LogP contribution in [0.25, 0.3) is 0 Å². The summed E-state index contributed by atoms with van der Waals surface area (Å²) in [7, 11) is -1.19. The van der Waals surface area contributed by atoms with Gasteiger partial charge in [0.05, 0.1) is 24.8 Å². The van der Waals surface area contributed by atoms with E-state index >= 15 is 0 Å². The van der Waals surface area contributed by atoms with Gasteiger partial charge in [-0.3, -0.25) is 4.79 Å². The van der Waals surface area contributed by atoms with E-state index in [1.807, 2.05) is 35.2 Å². The first-order chi connectivity index (χ1) is 17.8. The highest BCUT2D eigenvalue weighted by Gasteiger charge is 2.32. The van der Waals surface area contributed by atoms with Gasteiger partial charge in [0, 0.05) is 32.2 Å². The molecule has 0 saturated carbocycles. The van der Waals surface area contributed by atoms with Gasteiger partial charge in [0.2, 0.25) is 15.9 Å². The van der Waals surface area contributed by atoms with Gasteiger partial charge in [-0.1, -0.05) is 42.5 Å². The lowest BCUT2D eigenvalue weighted by Crippen LogP contribution is -2.55. The second kappa shape index (κ2) is 11.6. The number of rotatable bonds is 9. The van der Waals surface area contributed by atoms with Crippen molar-refractivity contribution in [3.05, 3.63) is 84.2 Å². The summed E-state index contributed by atoms with van der Waals surface area (Å²) in [4.78, 5) is 17.1. The number of benzene rings is 3. The Bertz CT molecular complexity index is 1330. The second-order valence-corrected chi connectivity index (χ2v) is 10.4. The largest absolute Gasteiger partial charge is 0.493 e. The van der Waals surface area contributed by atoms with Crippen molar-refractivity contribution < 1.29 is 27.1 Å². The van der Waals surface area contributed by atoms with E-state index in [9.17, 15) is 17.6 Å². The zero-order valence-electron chi connectivity index (χ0n) is 20.8. The van der Waals surface area contributed by atoms with Crippen LogP contribution in [0.1, 0.15) is 5.56 Å².